The molecule has 4 rings (SSSR count). The number of sulfonamides is 1. The molecule has 0 radical (unpaired) electrons. The molecule has 1 heterocycles. The van der Waals surface area contributed by atoms with E-state index in [2.05, 4.69) is 4.72 Å². The third-order valence-corrected chi connectivity index (χ3v) is 9.31. The molecule has 0 unspecified atom stereocenters. The van der Waals surface area contributed by atoms with Gasteiger partial charge in [0.15, 0.2) is 0 Å². The van der Waals surface area contributed by atoms with Crippen molar-refractivity contribution in [1.29, 1.82) is 0 Å². The van der Waals surface area contributed by atoms with Gasteiger partial charge in [-0.2, -0.15) is 0 Å². The van der Waals surface area contributed by atoms with Crippen molar-refractivity contribution in [2.24, 2.45) is 5.92 Å². The second kappa shape index (κ2) is 12.8. The van der Waals surface area contributed by atoms with Gasteiger partial charge in [-0.3, -0.25) is 4.90 Å². The van der Waals surface area contributed by atoms with Crippen LogP contribution in [0.3, 0.4) is 0 Å². The zero-order valence-corrected chi connectivity index (χ0v) is 25.8. The Balaban J connectivity index is 1.58. The number of rotatable bonds is 9. The summed E-state index contributed by atoms with van der Waals surface area (Å²) in [7, 11) is -3.99. The fourth-order valence-corrected chi connectivity index (χ4v) is 7.55. The van der Waals surface area contributed by atoms with E-state index in [0.29, 0.717) is 12.3 Å². The largest absolute Gasteiger partial charge is 0.444 e. The Morgan fingerprint density at radius 2 is 1.56 bits per heavy atom. The Bertz CT molecular complexity index is 1200. The zero-order valence-electron chi connectivity index (χ0n) is 25.0. The lowest BCUT2D eigenvalue weighted by atomic mass is 9.83. The molecule has 0 bridgehead atoms. The van der Waals surface area contributed by atoms with Crippen LogP contribution in [0, 0.1) is 5.92 Å². The summed E-state index contributed by atoms with van der Waals surface area (Å²) in [6, 6.07) is 17.6. The van der Waals surface area contributed by atoms with E-state index in [1.54, 1.807) is 18.7 Å². The van der Waals surface area contributed by atoms with E-state index in [1.807, 2.05) is 81.4 Å². The SMILES string of the molecule is CC(C)(C)OC(=O)N1[C@@H](CC2CCCCC2)[C@H]([C@@H](O)CS(=O)(=O)NC(c2ccccc2)c2ccccc2)OC1(C)C. The molecule has 2 aromatic rings. The fourth-order valence-electron chi connectivity index (χ4n) is 6.19. The zero-order chi connectivity index (χ0) is 29.8. The first-order chi connectivity index (χ1) is 19.3. The van der Waals surface area contributed by atoms with Gasteiger partial charge in [0.05, 0.1) is 23.9 Å². The van der Waals surface area contributed by atoms with Crippen LogP contribution in [0.1, 0.15) is 90.3 Å². The molecule has 41 heavy (non-hydrogen) atoms. The first kappa shape index (κ1) is 31.5. The van der Waals surface area contributed by atoms with E-state index in [9.17, 15) is 18.3 Å². The van der Waals surface area contributed by atoms with Gasteiger partial charge in [0, 0.05) is 0 Å². The summed E-state index contributed by atoms with van der Waals surface area (Å²) in [5, 5.41) is 11.5. The molecule has 1 saturated heterocycles. The van der Waals surface area contributed by atoms with Crippen molar-refractivity contribution in [1.82, 2.24) is 9.62 Å². The maximum Gasteiger partial charge on any atom is 0.412 e. The Morgan fingerprint density at radius 1 is 1.02 bits per heavy atom. The van der Waals surface area contributed by atoms with Crippen LogP contribution in [0.25, 0.3) is 0 Å². The van der Waals surface area contributed by atoms with Gasteiger partial charge in [0.2, 0.25) is 10.0 Å². The van der Waals surface area contributed by atoms with Crippen LogP contribution in [0.5, 0.6) is 0 Å². The summed E-state index contributed by atoms with van der Waals surface area (Å²) in [4.78, 5) is 15.0. The minimum atomic E-state index is -3.99. The van der Waals surface area contributed by atoms with Crippen LogP contribution in [0.2, 0.25) is 0 Å². The predicted octanol–water partition coefficient (Wildman–Crippen LogP) is 5.77. The van der Waals surface area contributed by atoms with Crippen LogP contribution in [-0.2, 0) is 19.5 Å². The average Bonchev–Trinajstić information content (AvgIpc) is 3.17. The van der Waals surface area contributed by atoms with Crippen molar-refractivity contribution in [2.45, 2.75) is 109 Å². The highest BCUT2D eigenvalue weighted by molar-refractivity contribution is 7.89. The highest BCUT2D eigenvalue weighted by atomic mass is 32.2. The van der Waals surface area contributed by atoms with Gasteiger partial charge in [0.1, 0.15) is 17.4 Å². The van der Waals surface area contributed by atoms with Crippen molar-refractivity contribution in [3.05, 3.63) is 71.8 Å². The van der Waals surface area contributed by atoms with Gasteiger partial charge in [-0.15, -0.1) is 0 Å². The summed E-state index contributed by atoms with van der Waals surface area (Å²) < 4.78 is 42.0. The minimum absolute atomic E-state index is 0.362. The molecule has 2 N–H and O–H groups in total. The molecule has 1 amide bonds. The van der Waals surface area contributed by atoms with Crippen LogP contribution in [0.15, 0.2) is 60.7 Å². The summed E-state index contributed by atoms with van der Waals surface area (Å²) in [5.74, 6) is -0.200. The molecule has 0 aromatic heterocycles. The molecule has 2 aliphatic rings. The van der Waals surface area contributed by atoms with Gasteiger partial charge >= 0.3 is 6.09 Å². The molecular formula is C32H46N2O6S. The molecule has 3 atom stereocenters. The number of aliphatic hydroxyl groups excluding tert-OH is 1. The molecule has 8 nitrogen and oxygen atoms in total. The lowest BCUT2D eigenvalue weighted by molar-refractivity contribution is -0.0995. The van der Waals surface area contributed by atoms with Crippen LogP contribution in [-0.4, -0.2) is 59.8 Å². The fraction of sp³-hybridized carbons (Fsp3) is 0.594. The Morgan fingerprint density at radius 3 is 2.07 bits per heavy atom. The Kier molecular flexibility index (Phi) is 9.84. The van der Waals surface area contributed by atoms with Crippen LogP contribution in [0.4, 0.5) is 4.79 Å². The maximum atomic E-state index is 13.6. The number of amides is 1. The number of carbonyl (C=O) groups excluding carboxylic acids is 1. The van der Waals surface area contributed by atoms with Crippen molar-refractivity contribution in [3.8, 4) is 0 Å². The lowest BCUT2D eigenvalue weighted by Crippen LogP contribution is -2.52. The first-order valence-electron chi connectivity index (χ1n) is 14.7. The van der Waals surface area contributed by atoms with Gasteiger partial charge in [-0.05, 0) is 58.1 Å². The molecular weight excluding hydrogens is 540 g/mol. The van der Waals surface area contributed by atoms with E-state index >= 15 is 0 Å². The summed E-state index contributed by atoms with van der Waals surface area (Å²) in [6.45, 7) is 8.97. The number of benzene rings is 2. The van der Waals surface area contributed by atoms with Crippen molar-refractivity contribution < 1.29 is 27.8 Å². The number of nitrogens with zero attached hydrogens (tertiary/aromatic N) is 1. The molecule has 2 aromatic carbocycles. The molecule has 1 saturated carbocycles. The number of hydrogen-bond donors (Lipinski definition) is 2. The number of carbonyl (C=O) groups is 1. The standard InChI is InChI=1S/C32H46N2O6S/c1-31(2,3)40-30(36)34-26(21-23-15-9-6-10-16-23)29(39-32(34,4)5)27(35)22-41(37,38)33-28(24-17-11-7-12-18-24)25-19-13-8-14-20-25/h7-8,11-14,17-20,23,26-29,33,35H,6,9-10,15-16,21-22H2,1-5H3/t26-,27-,29+/m0/s1. The lowest BCUT2D eigenvalue weighted by Gasteiger charge is -2.37. The van der Waals surface area contributed by atoms with Crippen molar-refractivity contribution in [3.63, 3.8) is 0 Å². The minimum Gasteiger partial charge on any atom is -0.444 e. The van der Waals surface area contributed by atoms with E-state index in [-0.39, 0.29) is 0 Å². The average molecular weight is 587 g/mol. The van der Waals surface area contributed by atoms with Crippen molar-refractivity contribution >= 4 is 16.1 Å². The highest BCUT2D eigenvalue weighted by Crippen LogP contribution is 2.40. The number of nitrogens with one attached hydrogen (secondary N) is 1. The van der Waals surface area contributed by atoms with Crippen LogP contribution >= 0.6 is 0 Å². The predicted molar refractivity (Wildman–Crippen MR) is 160 cm³/mol. The van der Waals surface area contributed by atoms with E-state index in [0.717, 1.165) is 36.8 Å². The molecule has 2 fully saturated rings. The quantitative estimate of drug-likeness (QED) is 0.387. The summed E-state index contributed by atoms with van der Waals surface area (Å²) >= 11 is 0. The number of hydrogen-bond acceptors (Lipinski definition) is 6. The Hall–Kier alpha value is -2.46. The topological polar surface area (TPSA) is 105 Å². The molecule has 1 aliphatic carbocycles. The number of ether oxygens (including phenoxy) is 2. The van der Waals surface area contributed by atoms with Crippen LogP contribution < -0.4 is 4.72 Å². The van der Waals surface area contributed by atoms with Gasteiger partial charge in [-0.25, -0.2) is 17.9 Å². The summed E-state index contributed by atoms with van der Waals surface area (Å²) in [6.07, 6.45) is 3.37. The Labute approximate surface area is 245 Å². The number of aliphatic hydroxyl groups is 1. The molecule has 0 spiro atoms. The van der Waals surface area contributed by atoms with E-state index in [1.165, 1.54) is 6.42 Å². The maximum absolute atomic E-state index is 13.6. The summed E-state index contributed by atoms with van der Waals surface area (Å²) in [5.41, 5.74) is -0.208. The van der Waals surface area contributed by atoms with Gasteiger partial charge in [-0.1, -0.05) is 92.8 Å². The second-order valence-corrected chi connectivity index (χ2v) is 14.7. The molecule has 226 valence electrons. The van der Waals surface area contributed by atoms with E-state index < -0.39 is 57.5 Å². The smallest absolute Gasteiger partial charge is 0.412 e. The monoisotopic (exact) mass is 586 g/mol. The second-order valence-electron chi connectivity index (χ2n) is 12.9. The third kappa shape index (κ3) is 8.31. The van der Waals surface area contributed by atoms with Gasteiger partial charge in [0.25, 0.3) is 0 Å². The normalized spacial score (nSPS) is 22.6. The molecule has 1 aliphatic heterocycles. The van der Waals surface area contributed by atoms with Crippen molar-refractivity contribution in [2.75, 3.05) is 5.75 Å². The highest BCUT2D eigenvalue weighted by Gasteiger charge is 2.54. The van der Waals surface area contributed by atoms with Gasteiger partial charge < -0.3 is 14.6 Å². The first-order valence-corrected chi connectivity index (χ1v) is 16.4. The molecule has 9 heteroatoms. The third-order valence-electron chi connectivity index (χ3n) is 7.94. The van der Waals surface area contributed by atoms with E-state index in [4.69, 9.17) is 9.47 Å².